The molecule has 2 heteroatoms. The Kier molecular flexibility index (Phi) is 3.49. The van der Waals surface area contributed by atoms with E-state index in [0.717, 1.165) is 31.6 Å². The molecule has 2 N–H and O–H groups in total. The lowest BCUT2D eigenvalue weighted by atomic mass is 10.00. The van der Waals surface area contributed by atoms with Crippen molar-refractivity contribution in [2.45, 2.75) is 39.2 Å². The van der Waals surface area contributed by atoms with Crippen molar-refractivity contribution in [2.75, 3.05) is 6.54 Å². The van der Waals surface area contributed by atoms with Crippen LogP contribution in [0.15, 0.2) is 18.2 Å². The van der Waals surface area contributed by atoms with E-state index < -0.39 is 0 Å². The van der Waals surface area contributed by atoms with Gasteiger partial charge in [-0.2, -0.15) is 0 Å². The first-order valence-corrected chi connectivity index (χ1v) is 6.15. The van der Waals surface area contributed by atoms with Crippen molar-refractivity contribution in [1.29, 1.82) is 0 Å². The lowest BCUT2D eigenvalue weighted by Gasteiger charge is -2.13. The molecule has 0 saturated carbocycles. The van der Waals surface area contributed by atoms with Gasteiger partial charge in [0.1, 0.15) is 11.9 Å². The summed E-state index contributed by atoms with van der Waals surface area (Å²) in [7, 11) is 0. The molecule has 88 valence electrons. The van der Waals surface area contributed by atoms with E-state index in [2.05, 4.69) is 32.0 Å². The van der Waals surface area contributed by atoms with Crippen LogP contribution in [-0.2, 0) is 6.42 Å². The van der Waals surface area contributed by atoms with Gasteiger partial charge in [-0.25, -0.2) is 0 Å². The number of hydrogen-bond donors (Lipinski definition) is 1. The van der Waals surface area contributed by atoms with E-state index >= 15 is 0 Å². The molecular weight excluding hydrogens is 198 g/mol. The molecule has 0 amide bonds. The summed E-state index contributed by atoms with van der Waals surface area (Å²) in [4.78, 5) is 0. The highest BCUT2D eigenvalue weighted by Crippen LogP contribution is 2.31. The Morgan fingerprint density at radius 1 is 1.50 bits per heavy atom. The Labute approximate surface area is 97.8 Å². The Morgan fingerprint density at radius 2 is 2.31 bits per heavy atom. The monoisotopic (exact) mass is 219 g/mol. The Balaban J connectivity index is 1.90. The van der Waals surface area contributed by atoms with Crippen LogP contribution < -0.4 is 10.5 Å². The summed E-state index contributed by atoms with van der Waals surface area (Å²) in [5.41, 5.74) is 8.30. The first kappa shape index (κ1) is 11.5. The molecule has 2 atom stereocenters. The molecule has 0 fully saturated rings. The SMILES string of the molecule is Cc1ccc2c(c1)CC(CCC(C)CN)O2. The molecule has 2 unspecified atom stereocenters. The van der Waals surface area contributed by atoms with Gasteiger partial charge in [0.25, 0.3) is 0 Å². The fourth-order valence-electron chi connectivity index (χ4n) is 2.20. The minimum atomic E-state index is 0.366. The Hall–Kier alpha value is -1.02. The smallest absolute Gasteiger partial charge is 0.123 e. The number of hydrogen-bond acceptors (Lipinski definition) is 2. The van der Waals surface area contributed by atoms with E-state index in [1.165, 1.54) is 11.1 Å². The Morgan fingerprint density at radius 3 is 3.06 bits per heavy atom. The van der Waals surface area contributed by atoms with E-state index in [-0.39, 0.29) is 0 Å². The van der Waals surface area contributed by atoms with Crippen molar-refractivity contribution in [3.05, 3.63) is 29.3 Å². The largest absolute Gasteiger partial charge is 0.490 e. The van der Waals surface area contributed by atoms with Gasteiger partial charge in [-0.05, 0) is 43.9 Å². The molecular formula is C14H21NO. The summed E-state index contributed by atoms with van der Waals surface area (Å²) in [6.45, 7) is 5.11. The Bertz CT molecular complexity index is 362. The predicted molar refractivity (Wildman–Crippen MR) is 66.8 cm³/mol. The number of ether oxygens (including phenoxy) is 1. The fraction of sp³-hybridized carbons (Fsp3) is 0.571. The third-order valence-electron chi connectivity index (χ3n) is 3.34. The van der Waals surface area contributed by atoms with Crippen molar-refractivity contribution in [2.24, 2.45) is 11.7 Å². The zero-order valence-corrected chi connectivity index (χ0v) is 10.2. The molecule has 0 bridgehead atoms. The van der Waals surface area contributed by atoms with Gasteiger partial charge in [-0.3, -0.25) is 0 Å². The predicted octanol–water partition coefficient (Wildman–Crippen LogP) is 2.67. The second-order valence-electron chi connectivity index (χ2n) is 4.97. The number of benzene rings is 1. The minimum absolute atomic E-state index is 0.366. The van der Waals surface area contributed by atoms with E-state index in [0.29, 0.717) is 12.0 Å². The van der Waals surface area contributed by atoms with Gasteiger partial charge in [-0.15, -0.1) is 0 Å². The average Bonchev–Trinajstić information content (AvgIpc) is 2.67. The minimum Gasteiger partial charge on any atom is -0.490 e. The van der Waals surface area contributed by atoms with Gasteiger partial charge >= 0.3 is 0 Å². The van der Waals surface area contributed by atoms with Crippen molar-refractivity contribution >= 4 is 0 Å². The zero-order chi connectivity index (χ0) is 11.5. The molecule has 16 heavy (non-hydrogen) atoms. The van der Waals surface area contributed by atoms with Crippen LogP contribution in [0.2, 0.25) is 0 Å². The van der Waals surface area contributed by atoms with Gasteiger partial charge in [0.05, 0.1) is 0 Å². The molecule has 0 spiro atoms. The van der Waals surface area contributed by atoms with Crippen LogP contribution in [-0.4, -0.2) is 12.6 Å². The van der Waals surface area contributed by atoms with Crippen molar-refractivity contribution in [1.82, 2.24) is 0 Å². The fourth-order valence-corrected chi connectivity index (χ4v) is 2.20. The van der Waals surface area contributed by atoms with Crippen LogP contribution in [0.3, 0.4) is 0 Å². The summed E-state index contributed by atoms with van der Waals surface area (Å²) in [6.07, 6.45) is 3.71. The van der Waals surface area contributed by atoms with Crippen molar-refractivity contribution in [3.63, 3.8) is 0 Å². The van der Waals surface area contributed by atoms with Crippen molar-refractivity contribution in [3.8, 4) is 5.75 Å². The van der Waals surface area contributed by atoms with Gasteiger partial charge in [-0.1, -0.05) is 24.6 Å². The van der Waals surface area contributed by atoms with Crippen molar-refractivity contribution < 1.29 is 4.74 Å². The molecule has 0 saturated heterocycles. The van der Waals surface area contributed by atoms with E-state index in [1.54, 1.807) is 0 Å². The number of aryl methyl sites for hydroxylation is 1. The lowest BCUT2D eigenvalue weighted by molar-refractivity contribution is 0.210. The normalized spacial score (nSPS) is 20.3. The third-order valence-corrected chi connectivity index (χ3v) is 3.34. The maximum atomic E-state index is 5.92. The third kappa shape index (κ3) is 2.56. The maximum Gasteiger partial charge on any atom is 0.123 e. The van der Waals surface area contributed by atoms with Gasteiger partial charge in [0.15, 0.2) is 0 Å². The summed E-state index contributed by atoms with van der Waals surface area (Å²) in [6, 6.07) is 6.45. The molecule has 1 aliphatic rings. The van der Waals surface area contributed by atoms with Crippen LogP contribution in [0, 0.1) is 12.8 Å². The van der Waals surface area contributed by atoms with E-state index in [1.807, 2.05) is 0 Å². The van der Waals surface area contributed by atoms with Crippen LogP contribution in [0.5, 0.6) is 5.75 Å². The highest BCUT2D eigenvalue weighted by atomic mass is 16.5. The first-order chi connectivity index (χ1) is 7.69. The number of fused-ring (bicyclic) bond motifs is 1. The second kappa shape index (κ2) is 4.88. The van der Waals surface area contributed by atoms with E-state index in [9.17, 15) is 0 Å². The molecule has 1 aliphatic heterocycles. The average molecular weight is 219 g/mol. The zero-order valence-electron chi connectivity index (χ0n) is 10.2. The van der Waals surface area contributed by atoms with E-state index in [4.69, 9.17) is 10.5 Å². The molecule has 0 aliphatic carbocycles. The molecule has 0 radical (unpaired) electrons. The van der Waals surface area contributed by atoms with Gasteiger partial charge < -0.3 is 10.5 Å². The number of nitrogens with two attached hydrogens (primary N) is 1. The summed E-state index contributed by atoms with van der Waals surface area (Å²) < 4.78 is 5.92. The van der Waals surface area contributed by atoms with Crippen LogP contribution in [0.4, 0.5) is 0 Å². The highest BCUT2D eigenvalue weighted by molar-refractivity contribution is 5.40. The topological polar surface area (TPSA) is 35.2 Å². The highest BCUT2D eigenvalue weighted by Gasteiger charge is 2.22. The summed E-state index contributed by atoms with van der Waals surface area (Å²) in [5, 5.41) is 0. The quantitative estimate of drug-likeness (QED) is 0.845. The van der Waals surface area contributed by atoms with Gasteiger partial charge in [0.2, 0.25) is 0 Å². The molecule has 1 heterocycles. The molecule has 2 rings (SSSR count). The lowest BCUT2D eigenvalue weighted by Crippen LogP contribution is -2.17. The number of rotatable bonds is 4. The summed E-state index contributed by atoms with van der Waals surface area (Å²) in [5.74, 6) is 1.69. The molecule has 1 aromatic carbocycles. The van der Waals surface area contributed by atoms with Gasteiger partial charge in [0, 0.05) is 6.42 Å². The standard InChI is InChI=1S/C14H21NO/c1-10-4-6-14-12(7-10)8-13(16-14)5-3-11(2)9-15/h4,6-7,11,13H,3,5,8-9,15H2,1-2H3. The van der Waals surface area contributed by atoms with Crippen LogP contribution in [0.1, 0.15) is 30.9 Å². The molecule has 1 aromatic rings. The molecule has 2 nitrogen and oxygen atoms in total. The second-order valence-corrected chi connectivity index (χ2v) is 4.97. The van der Waals surface area contributed by atoms with Crippen LogP contribution in [0.25, 0.3) is 0 Å². The summed E-state index contributed by atoms with van der Waals surface area (Å²) >= 11 is 0. The first-order valence-electron chi connectivity index (χ1n) is 6.15. The maximum absolute atomic E-state index is 5.92. The molecule has 0 aromatic heterocycles. The van der Waals surface area contributed by atoms with Crippen LogP contribution >= 0.6 is 0 Å².